The predicted octanol–water partition coefficient (Wildman–Crippen LogP) is 0.585. The molecular formula is C11H21NO4. The summed E-state index contributed by atoms with van der Waals surface area (Å²) in [6.45, 7) is 7.04. The average molecular weight is 231 g/mol. The van der Waals surface area contributed by atoms with Crippen LogP contribution in [0.25, 0.3) is 0 Å². The summed E-state index contributed by atoms with van der Waals surface area (Å²) in [4.78, 5) is 13.3. The van der Waals surface area contributed by atoms with Crippen LogP contribution in [-0.2, 0) is 14.3 Å². The average Bonchev–Trinajstić information content (AvgIpc) is 2.16. The number of carboxylic acids is 1. The van der Waals surface area contributed by atoms with Crippen LogP contribution in [0.3, 0.4) is 0 Å². The Hall–Kier alpha value is -0.650. The molecule has 0 aromatic heterocycles. The zero-order valence-corrected chi connectivity index (χ0v) is 10.4. The van der Waals surface area contributed by atoms with Crippen molar-refractivity contribution >= 4 is 5.97 Å². The Bertz CT molecular complexity index is 248. The number of carboxylic acid groups (broad SMARTS) is 1. The van der Waals surface area contributed by atoms with Crippen molar-refractivity contribution in [3.8, 4) is 0 Å². The third-order valence-electron chi connectivity index (χ3n) is 3.00. The number of methoxy groups -OCH3 is 1. The molecule has 1 saturated heterocycles. The highest BCUT2D eigenvalue weighted by Gasteiger charge is 2.42. The third kappa shape index (κ3) is 2.72. The molecule has 1 aliphatic heterocycles. The molecule has 0 aliphatic carbocycles. The van der Waals surface area contributed by atoms with Gasteiger partial charge in [-0.3, -0.25) is 9.69 Å². The third-order valence-corrected chi connectivity index (χ3v) is 3.00. The molecule has 5 nitrogen and oxygen atoms in total. The zero-order valence-electron chi connectivity index (χ0n) is 10.4. The lowest BCUT2D eigenvalue weighted by Gasteiger charge is -2.43. The standard InChI is InChI=1S/C11H21NO4/c1-8-5-12(6-9(2)16-8)11(3,7-15-4)10(13)14/h8-9H,5-7H2,1-4H3,(H,13,14). The molecule has 94 valence electrons. The zero-order chi connectivity index (χ0) is 12.3. The van der Waals surface area contributed by atoms with E-state index >= 15 is 0 Å². The summed E-state index contributed by atoms with van der Waals surface area (Å²) in [5, 5.41) is 9.33. The number of hydrogen-bond acceptors (Lipinski definition) is 4. The molecule has 0 amide bonds. The number of nitrogens with zero attached hydrogens (tertiary/aromatic N) is 1. The van der Waals surface area contributed by atoms with E-state index in [-0.39, 0.29) is 18.8 Å². The lowest BCUT2D eigenvalue weighted by atomic mass is 9.99. The SMILES string of the molecule is COCC(C)(C(=O)O)N1CC(C)OC(C)C1. The van der Waals surface area contributed by atoms with E-state index in [1.807, 2.05) is 18.7 Å². The minimum absolute atomic E-state index is 0.0549. The number of hydrogen-bond donors (Lipinski definition) is 1. The molecular weight excluding hydrogens is 210 g/mol. The molecule has 3 atom stereocenters. The number of ether oxygens (including phenoxy) is 2. The fraction of sp³-hybridized carbons (Fsp3) is 0.909. The van der Waals surface area contributed by atoms with Gasteiger partial charge in [-0.05, 0) is 20.8 Å². The lowest BCUT2D eigenvalue weighted by molar-refractivity contribution is -0.164. The van der Waals surface area contributed by atoms with Gasteiger partial charge in [0.25, 0.3) is 0 Å². The van der Waals surface area contributed by atoms with Crippen molar-refractivity contribution in [2.24, 2.45) is 0 Å². The van der Waals surface area contributed by atoms with E-state index in [4.69, 9.17) is 9.47 Å². The van der Waals surface area contributed by atoms with Gasteiger partial charge < -0.3 is 14.6 Å². The highest BCUT2D eigenvalue weighted by atomic mass is 16.5. The van der Waals surface area contributed by atoms with Gasteiger partial charge in [-0.2, -0.15) is 0 Å². The largest absolute Gasteiger partial charge is 0.480 e. The number of rotatable bonds is 4. The molecule has 1 rings (SSSR count). The summed E-state index contributed by atoms with van der Waals surface area (Å²) in [6, 6.07) is 0. The Morgan fingerprint density at radius 3 is 2.38 bits per heavy atom. The van der Waals surface area contributed by atoms with E-state index in [0.717, 1.165) is 0 Å². The first-order valence-corrected chi connectivity index (χ1v) is 5.53. The number of aliphatic carboxylic acids is 1. The van der Waals surface area contributed by atoms with Gasteiger partial charge in [0.05, 0.1) is 18.8 Å². The molecule has 0 radical (unpaired) electrons. The second kappa shape index (κ2) is 5.12. The monoisotopic (exact) mass is 231 g/mol. The first-order valence-electron chi connectivity index (χ1n) is 5.53. The first-order chi connectivity index (χ1) is 7.40. The second-order valence-corrected chi connectivity index (χ2v) is 4.67. The first kappa shape index (κ1) is 13.4. The summed E-state index contributed by atoms with van der Waals surface area (Å²) in [5.41, 5.74) is -0.971. The van der Waals surface area contributed by atoms with Crippen molar-refractivity contribution in [3.63, 3.8) is 0 Å². The second-order valence-electron chi connectivity index (χ2n) is 4.67. The van der Waals surface area contributed by atoms with Crippen LogP contribution in [0.15, 0.2) is 0 Å². The molecule has 0 aromatic rings. The molecule has 5 heteroatoms. The van der Waals surface area contributed by atoms with Gasteiger partial charge in [0, 0.05) is 20.2 Å². The van der Waals surface area contributed by atoms with E-state index in [1.54, 1.807) is 6.92 Å². The van der Waals surface area contributed by atoms with Crippen LogP contribution < -0.4 is 0 Å². The van der Waals surface area contributed by atoms with Gasteiger partial charge in [-0.25, -0.2) is 0 Å². The molecule has 1 fully saturated rings. The van der Waals surface area contributed by atoms with Crippen LogP contribution >= 0.6 is 0 Å². The Morgan fingerprint density at radius 2 is 2.00 bits per heavy atom. The van der Waals surface area contributed by atoms with Gasteiger partial charge >= 0.3 is 5.97 Å². The Labute approximate surface area is 96.3 Å². The van der Waals surface area contributed by atoms with Gasteiger partial charge in [0.15, 0.2) is 0 Å². The quantitative estimate of drug-likeness (QED) is 0.767. The smallest absolute Gasteiger partial charge is 0.326 e. The highest BCUT2D eigenvalue weighted by Crippen LogP contribution is 2.22. The summed E-state index contributed by atoms with van der Waals surface area (Å²) < 4.78 is 10.6. The maximum absolute atomic E-state index is 11.4. The van der Waals surface area contributed by atoms with E-state index < -0.39 is 11.5 Å². The van der Waals surface area contributed by atoms with E-state index in [0.29, 0.717) is 13.1 Å². The lowest BCUT2D eigenvalue weighted by Crippen LogP contribution is -2.61. The van der Waals surface area contributed by atoms with Crippen LogP contribution in [-0.4, -0.2) is 60.5 Å². The van der Waals surface area contributed by atoms with Crippen LogP contribution in [0.5, 0.6) is 0 Å². The minimum atomic E-state index is -0.971. The van der Waals surface area contributed by atoms with Gasteiger partial charge in [-0.15, -0.1) is 0 Å². The van der Waals surface area contributed by atoms with E-state index in [1.165, 1.54) is 7.11 Å². The summed E-state index contributed by atoms with van der Waals surface area (Å²) >= 11 is 0. The van der Waals surface area contributed by atoms with E-state index in [2.05, 4.69) is 0 Å². The number of carbonyl (C=O) groups is 1. The molecule has 0 aromatic carbocycles. The highest BCUT2D eigenvalue weighted by molar-refractivity contribution is 5.78. The maximum Gasteiger partial charge on any atom is 0.326 e. The Morgan fingerprint density at radius 1 is 1.50 bits per heavy atom. The van der Waals surface area contributed by atoms with Crippen molar-refractivity contribution < 1.29 is 19.4 Å². The van der Waals surface area contributed by atoms with Crippen LogP contribution in [0.2, 0.25) is 0 Å². The van der Waals surface area contributed by atoms with Crippen LogP contribution in [0, 0.1) is 0 Å². The van der Waals surface area contributed by atoms with Crippen molar-refractivity contribution in [2.45, 2.75) is 38.5 Å². The molecule has 0 spiro atoms. The molecule has 0 bridgehead atoms. The molecule has 3 unspecified atom stereocenters. The number of morpholine rings is 1. The van der Waals surface area contributed by atoms with Crippen molar-refractivity contribution in [1.82, 2.24) is 4.90 Å². The van der Waals surface area contributed by atoms with Crippen molar-refractivity contribution in [3.05, 3.63) is 0 Å². The molecule has 0 saturated carbocycles. The minimum Gasteiger partial charge on any atom is -0.480 e. The van der Waals surface area contributed by atoms with Gasteiger partial charge in [0.1, 0.15) is 5.54 Å². The van der Waals surface area contributed by atoms with Crippen LogP contribution in [0.1, 0.15) is 20.8 Å². The Kier molecular flexibility index (Phi) is 4.29. The fourth-order valence-electron chi connectivity index (χ4n) is 2.15. The van der Waals surface area contributed by atoms with E-state index in [9.17, 15) is 9.90 Å². The Balaban J connectivity index is 2.81. The normalized spacial score (nSPS) is 31.0. The van der Waals surface area contributed by atoms with Crippen LogP contribution in [0.4, 0.5) is 0 Å². The summed E-state index contributed by atoms with van der Waals surface area (Å²) in [6.07, 6.45) is 0.110. The summed E-state index contributed by atoms with van der Waals surface area (Å²) in [7, 11) is 1.52. The molecule has 1 heterocycles. The summed E-state index contributed by atoms with van der Waals surface area (Å²) in [5.74, 6) is -0.851. The fourth-order valence-corrected chi connectivity index (χ4v) is 2.15. The molecule has 16 heavy (non-hydrogen) atoms. The van der Waals surface area contributed by atoms with Gasteiger partial charge in [-0.1, -0.05) is 0 Å². The maximum atomic E-state index is 11.4. The van der Waals surface area contributed by atoms with Crippen molar-refractivity contribution in [2.75, 3.05) is 26.8 Å². The molecule has 1 N–H and O–H groups in total. The van der Waals surface area contributed by atoms with Crippen molar-refractivity contribution in [1.29, 1.82) is 0 Å². The predicted molar refractivity (Wildman–Crippen MR) is 59.5 cm³/mol. The topological polar surface area (TPSA) is 59.0 Å². The van der Waals surface area contributed by atoms with Gasteiger partial charge in [0.2, 0.25) is 0 Å². The molecule has 1 aliphatic rings.